The summed E-state index contributed by atoms with van der Waals surface area (Å²) in [6.07, 6.45) is 1.27. The normalized spacial score (nSPS) is 12.1. The molecule has 11 heteroatoms. The van der Waals surface area contributed by atoms with Crippen LogP contribution in [0.2, 0.25) is 0 Å². The molecule has 1 aromatic heterocycles. The zero-order valence-electron chi connectivity index (χ0n) is 11.9. The SMILES string of the molecule is CCOC(=O)c1[nH]cnc1/N=N/SCC(NC(C)=O)C(=O)O. The monoisotopic (exact) mass is 329 g/mol. The molecule has 1 rings (SSSR count). The number of carboxylic acid groups (broad SMARTS) is 1. The highest BCUT2D eigenvalue weighted by Crippen LogP contribution is 2.18. The minimum atomic E-state index is -1.18. The number of aromatic nitrogens is 2. The lowest BCUT2D eigenvalue weighted by Crippen LogP contribution is -2.41. The maximum Gasteiger partial charge on any atom is 0.358 e. The van der Waals surface area contributed by atoms with Gasteiger partial charge in [0.25, 0.3) is 0 Å². The molecule has 3 N–H and O–H groups in total. The summed E-state index contributed by atoms with van der Waals surface area (Å²) in [4.78, 5) is 39.7. The van der Waals surface area contributed by atoms with Crippen molar-refractivity contribution in [3.05, 3.63) is 12.0 Å². The molecular formula is C11H15N5O5S. The third-order valence-electron chi connectivity index (χ3n) is 2.21. The Hall–Kier alpha value is -2.43. The van der Waals surface area contributed by atoms with E-state index in [0.29, 0.717) is 0 Å². The quantitative estimate of drug-likeness (QED) is 0.365. The van der Waals surface area contributed by atoms with Crippen molar-refractivity contribution in [2.24, 2.45) is 9.63 Å². The number of esters is 1. The summed E-state index contributed by atoms with van der Waals surface area (Å²) in [6, 6.07) is -1.08. The highest BCUT2D eigenvalue weighted by Gasteiger charge is 2.18. The Morgan fingerprint density at radius 3 is 2.86 bits per heavy atom. The topological polar surface area (TPSA) is 146 Å². The van der Waals surface area contributed by atoms with Gasteiger partial charge in [0.2, 0.25) is 11.7 Å². The van der Waals surface area contributed by atoms with Crippen LogP contribution in [0.1, 0.15) is 24.3 Å². The van der Waals surface area contributed by atoms with Crippen molar-refractivity contribution in [2.75, 3.05) is 12.4 Å². The second kappa shape index (κ2) is 8.77. The van der Waals surface area contributed by atoms with Crippen molar-refractivity contribution >= 4 is 35.6 Å². The smallest absolute Gasteiger partial charge is 0.358 e. The number of imidazole rings is 1. The van der Waals surface area contributed by atoms with Gasteiger partial charge in [-0.3, -0.25) is 4.79 Å². The standard InChI is InChI=1S/C11H15N5O5S/c1-3-21-11(20)8-9(13-5-12-8)15-16-22-4-7(10(18)19)14-6(2)17/h5,7H,3-4H2,1-2H3,(H,12,13)(H,14,17)(H,18,19)/b16-15+. The summed E-state index contributed by atoms with van der Waals surface area (Å²) in [5.74, 6) is -2.22. The minimum absolute atomic E-state index is 0.0163. The summed E-state index contributed by atoms with van der Waals surface area (Å²) in [5.41, 5.74) is 0.0582. The fraction of sp³-hybridized carbons (Fsp3) is 0.455. The Kier molecular flexibility index (Phi) is 7.02. The molecule has 0 radical (unpaired) electrons. The summed E-state index contributed by atoms with van der Waals surface area (Å²) in [5, 5.41) is 14.9. The lowest BCUT2D eigenvalue weighted by atomic mass is 10.3. The van der Waals surface area contributed by atoms with Gasteiger partial charge in [0.05, 0.1) is 12.9 Å². The van der Waals surface area contributed by atoms with Gasteiger partial charge < -0.3 is 20.1 Å². The van der Waals surface area contributed by atoms with Crippen molar-refractivity contribution in [3.63, 3.8) is 0 Å². The number of rotatable bonds is 8. The average molecular weight is 329 g/mol. The second-order valence-electron chi connectivity index (χ2n) is 3.89. The molecule has 0 aromatic carbocycles. The third kappa shape index (κ3) is 5.52. The van der Waals surface area contributed by atoms with E-state index in [4.69, 9.17) is 9.84 Å². The molecule has 0 aliphatic carbocycles. The van der Waals surface area contributed by atoms with Gasteiger partial charge in [0, 0.05) is 24.6 Å². The number of aromatic amines is 1. The summed E-state index contributed by atoms with van der Waals surface area (Å²) >= 11 is 0.820. The van der Waals surface area contributed by atoms with Crippen LogP contribution >= 0.6 is 11.9 Å². The van der Waals surface area contributed by atoms with E-state index in [1.54, 1.807) is 6.92 Å². The first kappa shape index (κ1) is 17.6. The van der Waals surface area contributed by atoms with Crippen LogP contribution in [0.5, 0.6) is 0 Å². The van der Waals surface area contributed by atoms with Crippen molar-refractivity contribution in [2.45, 2.75) is 19.9 Å². The number of nitrogens with one attached hydrogen (secondary N) is 2. The van der Waals surface area contributed by atoms with E-state index in [1.807, 2.05) is 0 Å². The van der Waals surface area contributed by atoms with Crippen LogP contribution in [0.25, 0.3) is 0 Å². The van der Waals surface area contributed by atoms with Crippen LogP contribution in [-0.2, 0) is 14.3 Å². The Morgan fingerprint density at radius 1 is 1.55 bits per heavy atom. The molecule has 1 heterocycles. The molecule has 22 heavy (non-hydrogen) atoms. The molecule has 1 atom stereocenters. The second-order valence-corrected chi connectivity index (χ2v) is 4.65. The first-order chi connectivity index (χ1) is 10.5. The maximum atomic E-state index is 11.6. The lowest BCUT2D eigenvalue weighted by molar-refractivity contribution is -0.140. The van der Waals surface area contributed by atoms with Crippen LogP contribution < -0.4 is 5.32 Å². The predicted molar refractivity (Wildman–Crippen MR) is 76.8 cm³/mol. The van der Waals surface area contributed by atoms with Crippen molar-refractivity contribution in [1.29, 1.82) is 0 Å². The summed E-state index contributed by atoms with van der Waals surface area (Å²) in [7, 11) is 0. The molecule has 1 unspecified atom stereocenters. The van der Waals surface area contributed by atoms with Gasteiger partial charge in [-0.1, -0.05) is 0 Å². The van der Waals surface area contributed by atoms with Crippen LogP contribution in [0.3, 0.4) is 0 Å². The largest absolute Gasteiger partial charge is 0.480 e. The molecule has 0 bridgehead atoms. The van der Waals surface area contributed by atoms with Gasteiger partial charge in [-0.05, 0) is 6.92 Å². The highest BCUT2D eigenvalue weighted by molar-refractivity contribution is 7.97. The Morgan fingerprint density at radius 2 is 2.27 bits per heavy atom. The van der Waals surface area contributed by atoms with Gasteiger partial charge in [-0.15, -0.1) is 9.63 Å². The van der Waals surface area contributed by atoms with E-state index in [0.717, 1.165) is 11.9 Å². The Bertz CT molecular complexity index is 573. The number of nitrogens with zero attached hydrogens (tertiary/aromatic N) is 3. The van der Waals surface area contributed by atoms with Crippen LogP contribution in [-0.4, -0.2) is 51.3 Å². The van der Waals surface area contributed by atoms with Crippen LogP contribution in [0.15, 0.2) is 16.0 Å². The third-order valence-corrected chi connectivity index (χ3v) is 2.89. The molecule has 120 valence electrons. The number of hydrogen-bond acceptors (Lipinski definition) is 8. The van der Waals surface area contributed by atoms with Gasteiger partial charge in [0.1, 0.15) is 6.04 Å². The van der Waals surface area contributed by atoms with Crippen LogP contribution in [0, 0.1) is 0 Å². The lowest BCUT2D eigenvalue weighted by Gasteiger charge is -2.10. The average Bonchev–Trinajstić information content (AvgIpc) is 2.90. The summed E-state index contributed by atoms with van der Waals surface area (Å²) in [6.45, 7) is 3.09. The molecule has 0 saturated carbocycles. The van der Waals surface area contributed by atoms with Gasteiger partial charge >= 0.3 is 11.9 Å². The van der Waals surface area contributed by atoms with E-state index in [9.17, 15) is 14.4 Å². The Labute approximate surface area is 129 Å². The van der Waals surface area contributed by atoms with Crippen molar-refractivity contribution in [1.82, 2.24) is 15.3 Å². The minimum Gasteiger partial charge on any atom is -0.480 e. The molecular weight excluding hydrogens is 314 g/mol. The zero-order valence-corrected chi connectivity index (χ0v) is 12.7. The molecule has 0 aliphatic rings. The molecule has 1 aromatic rings. The van der Waals surface area contributed by atoms with E-state index < -0.39 is 23.9 Å². The van der Waals surface area contributed by atoms with Crippen molar-refractivity contribution in [3.8, 4) is 0 Å². The van der Waals surface area contributed by atoms with E-state index in [-0.39, 0.29) is 23.9 Å². The number of amides is 1. The zero-order chi connectivity index (χ0) is 16.5. The number of carbonyl (C=O) groups is 3. The van der Waals surface area contributed by atoms with E-state index >= 15 is 0 Å². The van der Waals surface area contributed by atoms with E-state index in [2.05, 4.69) is 24.9 Å². The molecule has 0 saturated heterocycles. The molecule has 0 fully saturated rings. The Balaban J connectivity index is 2.59. The molecule has 0 spiro atoms. The molecule has 1 amide bonds. The number of hydrogen-bond donors (Lipinski definition) is 3. The number of H-pyrrole nitrogens is 1. The number of carboxylic acids is 1. The van der Waals surface area contributed by atoms with Gasteiger partial charge in [-0.25, -0.2) is 14.6 Å². The predicted octanol–water partition coefficient (Wildman–Crippen LogP) is 0.908. The van der Waals surface area contributed by atoms with Gasteiger partial charge in [0.15, 0.2) is 5.69 Å². The first-order valence-corrected chi connectivity index (χ1v) is 7.13. The maximum absolute atomic E-state index is 11.6. The fourth-order valence-electron chi connectivity index (χ4n) is 1.31. The first-order valence-electron chi connectivity index (χ1n) is 6.19. The van der Waals surface area contributed by atoms with E-state index in [1.165, 1.54) is 13.3 Å². The number of ether oxygens (including phenoxy) is 1. The van der Waals surface area contributed by atoms with Crippen LogP contribution in [0.4, 0.5) is 5.82 Å². The number of aliphatic carboxylic acids is 1. The van der Waals surface area contributed by atoms with Gasteiger partial charge in [-0.2, -0.15) is 0 Å². The highest BCUT2D eigenvalue weighted by atomic mass is 32.2. The molecule has 10 nitrogen and oxygen atoms in total. The molecule has 0 aliphatic heterocycles. The van der Waals surface area contributed by atoms with Crippen molar-refractivity contribution < 1.29 is 24.2 Å². The summed E-state index contributed by atoms with van der Waals surface area (Å²) < 4.78 is 8.49. The fourth-order valence-corrected chi connectivity index (χ4v) is 1.89. The number of carbonyl (C=O) groups excluding carboxylic acids is 2.